The summed E-state index contributed by atoms with van der Waals surface area (Å²) in [4.78, 5) is 13.8. The van der Waals surface area contributed by atoms with Gasteiger partial charge in [0.15, 0.2) is 9.84 Å². The maximum absolute atomic E-state index is 12.8. The Morgan fingerprint density at radius 1 is 1.27 bits per heavy atom. The van der Waals surface area contributed by atoms with E-state index in [-0.39, 0.29) is 24.2 Å². The molecule has 1 saturated heterocycles. The first-order valence-electron chi connectivity index (χ1n) is 10.2. The highest BCUT2D eigenvalue weighted by atomic mass is 32.2. The zero-order chi connectivity index (χ0) is 21.0. The number of benzene rings is 2. The first-order chi connectivity index (χ1) is 14.4. The number of rotatable bonds is 3. The van der Waals surface area contributed by atoms with Gasteiger partial charge in [-0.05, 0) is 13.8 Å². The van der Waals surface area contributed by atoms with E-state index in [1.54, 1.807) is 13.8 Å². The number of esters is 1. The molecule has 1 fully saturated rings. The van der Waals surface area contributed by atoms with Crippen molar-refractivity contribution >= 4 is 37.5 Å². The Balaban J connectivity index is 1.72. The van der Waals surface area contributed by atoms with E-state index < -0.39 is 15.8 Å². The summed E-state index contributed by atoms with van der Waals surface area (Å²) in [6, 6.07) is 7.81. The van der Waals surface area contributed by atoms with Crippen LogP contribution in [0.4, 0.5) is 0 Å². The topological polar surface area (TPSA) is 87.2 Å². The van der Waals surface area contributed by atoms with E-state index in [1.807, 2.05) is 24.3 Å². The molecule has 1 N–H and O–H groups in total. The Hall–Kier alpha value is -2.58. The van der Waals surface area contributed by atoms with E-state index in [0.717, 1.165) is 32.4 Å². The Kier molecular flexibility index (Phi) is 4.52. The second-order valence-electron chi connectivity index (χ2n) is 8.03. The van der Waals surface area contributed by atoms with Crippen LogP contribution in [0.2, 0.25) is 0 Å². The Morgan fingerprint density at radius 3 is 2.73 bits per heavy atom. The predicted molar refractivity (Wildman–Crippen MR) is 112 cm³/mol. The van der Waals surface area contributed by atoms with Gasteiger partial charge in [-0.1, -0.05) is 24.3 Å². The fraction of sp³-hybridized carbons (Fsp3) is 0.409. The van der Waals surface area contributed by atoms with Gasteiger partial charge in [0.1, 0.15) is 41.0 Å². The highest BCUT2D eigenvalue weighted by Crippen LogP contribution is 2.42. The molecule has 0 saturated carbocycles. The number of hydrogen-bond acceptors (Lipinski definition) is 6. The van der Waals surface area contributed by atoms with Crippen molar-refractivity contribution in [3.8, 4) is 5.75 Å². The van der Waals surface area contributed by atoms with Crippen LogP contribution < -0.4 is 9.64 Å². The smallest absolute Gasteiger partial charge is 0.342 e. The maximum Gasteiger partial charge on any atom is 0.342 e. The minimum absolute atomic E-state index is 0.0105. The van der Waals surface area contributed by atoms with Gasteiger partial charge in [0.25, 0.3) is 0 Å². The summed E-state index contributed by atoms with van der Waals surface area (Å²) in [5.41, 5.74) is 1.96. The molecule has 7 nitrogen and oxygen atoms in total. The van der Waals surface area contributed by atoms with Crippen molar-refractivity contribution in [2.24, 2.45) is 0 Å². The Bertz CT molecular complexity index is 1280. The first-order valence-corrected chi connectivity index (χ1v) is 12.0. The standard InChI is InChI=1S/C22H23NO6S/c1-3-27-22(24)18-13(2)29-21-16-7-5-4-6-15(16)20-17(19(18)21)10-23(12-28-20)14-8-9-30(25,26)11-14/h4-7,14H,3,8-12H2,1-2H3/p+1/t14-/m1/s1. The molecule has 2 aliphatic heterocycles. The van der Waals surface area contributed by atoms with Crippen molar-refractivity contribution in [1.82, 2.24) is 0 Å². The number of hydrogen-bond donors (Lipinski definition) is 1. The van der Waals surface area contributed by atoms with Crippen molar-refractivity contribution in [3.05, 3.63) is 41.2 Å². The molecule has 0 bridgehead atoms. The molecule has 0 aliphatic carbocycles. The van der Waals surface area contributed by atoms with Crippen molar-refractivity contribution in [2.45, 2.75) is 32.9 Å². The summed E-state index contributed by atoms with van der Waals surface area (Å²) in [6.07, 6.45) is 0.627. The molecule has 1 aromatic heterocycles. The van der Waals surface area contributed by atoms with Gasteiger partial charge < -0.3 is 13.9 Å². The number of nitrogens with one attached hydrogen (secondary N) is 1. The van der Waals surface area contributed by atoms with Crippen molar-refractivity contribution in [3.63, 3.8) is 0 Å². The number of aryl methyl sites for hydroxylation is 1. The summed E-state index contributed by atoms with van der Waals surface area (Å²) < 4.78 is 41.6. The number of carbonyl (C=O) groups excluding carboxylic acids is 1. The summed E-state index contributed by atoms with van der Waals surface area (Å²) in [7, 11) is -2.99. The monoisotopic (exact) mass is 430 g/mol. The van der Waals surface area contributed by atoms with Crippen LogP contribution in [-0.2, 0) is 21.1 Å². The molecule has 30 heavy (non-hydrogen) atoms. The van der Waals surface area contributed by atoms with Crippen LogP contribution in [0.25, 0.3) is 21.7 Å². The molecule has 0 amide bonds. The van der Waals surface area contributed by atoms with E-state index in [0.29, 0.717) is 36.6 Å². The van der Waals surface area contributed by atoms with Crippen LogP contribution in [0, 0.1) is 6.92 Å². The molecule has 2 atom stereocenters. The first kappa shape index (κ1) is 19.4. The SMILES string of the molecule is CCOC(=O)c1c(C)oc2c1c1c(c3ccccc32)OC[NH+]([C@@H]2CCS(=O)(=O)C2)C1. The zero-order valence-electron chi connectivity index (χ0n) is 17.0. The molecule has 0 radical (unpaired) electrons. The van der Waals surface area contributed by atoms with Crippen LogP contribution in [0.5, 0.6) is 5.75 Å². The lowest BCUT2D eigenvalue weighted by Gasteiger charge is -2.31. The second-order valence-corrected chi connectivity index (χ2v) is 10.3. The molecule has 3 heterocycles. The molecular weight excluding hydrogens is 406 g/mol. The third-order valence-corrected chi connectivity index (χ3v) is 7.94. The molecular formula is C22H24NO6S+. The van der Waals surface area contributed by atoms with Gasteiger partial charge in [0.2, 0.25) is 6.73 Å². The molecule has 3 aromatic rings. The van der Waals surface area contributed by atoms with Crippen LogP contribution in [-0.4, -0.2) is 45.3 Å². The fourth-order valence-corrected chi connectivity index (χ4v) is 6.61. The molecule has 2 aromatic carbocycles. The molecule has 158 valence electrons. The lowest BCUT2D eigenvalue weighted by Crippen LogP contribution is -3.16. The van der Waals surface area contributed by atoms with Crippen LogP contribution in [0.15, 0.2) is 28.7 Å². The van der Waals surface area contributed by atoms with Crippen LogP contribution in [0.1, 0.15) is 35.0 Å². The molecule has 5 rings (SSSR count). The second kappa shape index (κ2) is 6.99. The van der Waals surface area contributed by atoms with Crippen molar-refractivity contribution < 1.29 is 32.0 Å². The summed E-state index contributed by atoms with van der Waals surface area (Å²) >= 11 is 0. The highest BCUT2D eigenvalue weighted by Gasteiger charge is 2.39. The lowest BCUT2D eigenvalue weighted by molar-refractivity contribution is -0.953. The molecule has 8 heteroatoms. The van der Waals surface area contributed by atoms with Gasteiger partial charge >= 0.3 is 5.97 Å². The van der Waals surface area contributed by atoms with Gasteiger partial charge in [-0.15, -0.1) is 0 Å². The van der Waals surface area contributed by atoms with E-state index in [2.05, 4.69) is 0 Å². The van der Waals surface area contributed by atoms with Crippen LogP contribution >= 0.6 is 0 Å². The van der Waals surface area contributed by atoms with Crippen molar-refractivity contribution in [1.29, 1.82) is 0 Å². The van der Waals surface area contributed by atoms with Gasteiger partial charge in [-0.25, -0.2) is 13.2 Å². The average Bonchev–Trinajstić information content (AvgIpc) is 3.27. The van der Waals surface area contributed by atoms with E-state index in [9.17, 15) is 13.2 Å². The van der Waals surface area contributed by atoms with Crippen molar-refractivity contribution in [2.75, 3.05) is 24.8 Å². The maximum atomic E-state index is 12.8. The number of sulfone groups is 1. The zero-order valence-corrected chi connectivity index (χ0v) is 17.8. The van der Waals surface area contributed by atoms with Gasteiger partial charge in [-0.2, -0.15) is 0 Å². The third kappa shape index (κ3) is 2.97. The van der Waals surface area contributed by atoms with Gasteiger partial charge in [0, 0.05) is 22.6 Å². The number of carbonyl (C=O) groups is 1. The van der Waals surface area contributed by atoms with E-state index in [4.69, 9.17) is 13.9 Å². The molecule has 0 spiro atoms. The quantitative estimate of drug-likeness (QED) is 0.640. The minimum atomic E-state index is -2.99. The van der Waals surface area contributed by atoms with Crippen LogP contribution in [0.3, 0.4) is 0 Å². The van der Waals surface area contributed by atoms with Gasteiger partial charge in [-0.3, -0.25) is 4.90 Å². The lowest BCUT2D eigenvalue weighted by atomic mass is 9.96. The minimum Gasteiger partial charge on any atom is -0.462 e. The summed E-state index contributed by atoms with van der Waals surface area (Å²) in [6.45, 7) is 4.78. The Morgan fingerprint density at radius 2 is 2.03 bits per heavy atom. The average molecular weight is 431 g/mol. The van der Waals surface area contributed by atoms with E-state index in [1.165, 1.54) is 0 Å². The predicted octanol–water partition coefficient (Wildman–Crippen LogP) is 1.99. The largest absolute Gasteiger partial charge is 0.462 e. The van der Waals surface area contributed by atoms with E-state index >= 15 is 0 Å². The molecule has 1 unspecified atom stereocenters. The highest BCUT2D eigenvalue weighted by molar-refractivity contribution is 7.91. The number of furan rings is 1. The third-order valence-electron chi connectivity index (χ3n) is 6.17. The fourth-order valence-electron chi connectivity index (χ4n) is 4.78. The summed E-state index contributed by atoms with van der Waals surface area (Å²) in [5.74, 6) is 1.24. The normalized spacial score (nSPS) is 22.7. The molecule has 2 aliphatic rings. The van der Waals surface area contributed by atoms with Gasteiger partial charge in [0.05, 0.1) is 17.9 Å². The Labute approximate surface area is 174 Å². The number of fused-ring (bicyclic) bond motifs is 6. The number of ether oxygens (including phenoxy) is 2. The summed E-state index contributed by atoms with van der Waals surface area (Å²) in [5, 5.41) is 2.54. The number of quaternary nitrogens is 1.